The second-order valence-corrected chi connectivity index (χ2v) is 13.2. The van der Waals surface area contributed by atoms with Gasteiger partial charge in [0.25, 0.3) is 0 Å². The minimum atomic E-state index is -0.865. The van der Waals surface area contributed by atoms with Gasteiger partial charge in [-0.05, 0) is 91.7 Å². The van der Waals surface area contributed by atoms with Gasteiger partial charge >= 0.3 is 5.97 Å². The quantitative estimate of drug-likeness (QED) is 0.0961. The number of carbonyl (C=O) groups excluding carboxylic acids is 2. The number of carbonyl (C=O) groups is 2. The fourth-order valence-corrected chi connectivity index (χ4v) is 8.51. The summed E-state index contributed by atoms with van der Waals surface area (Å²) in [6, 6.07) is 7.64. The first-order valence-electron chi connectivity index (χ1n) is 15.8. The van der Waals surface area contributed by atoms with Crippen molar-refractivity contribution in [2.24, 2.45) is 46.3 Å². The van der Waals surface area contributed by atoms with Gasteiger partial charge in [-0.3, -0.25) is 4.79 Å². The fraction of sp³-hybridized carbons (Fsp3) is 0.714. The van der Waals surface area contributed by atoms with Gasteiger partial charge in [0.15, 0.2) is 0 Å². The van der Waals surface area contributed by atoms with Gasteiger partial charge in [0.05, 0.1) is 7.11 Å². The zero-order valence-corrected chi connectivity index (χ0v) is 25.7. The molecular formula is C35H52O5. The molecule has 0 heterocycles. The Balaban J connectivity index is 1.58. The molecule has 2 saturated carbocycles. The van der Waals surface area contributed by atoms with Crippen molar-refractivity contribution in [1.29, 1.82) is 0 Å². The number of ether oxygens (including phenoxy) is 3. The zero-order chi connectivity index (χ0) is 28.9. The van der Waals surface area contributed by atoms with E-state index in [-0.39, 0.29) is 30.3 Å². The molecule has 0 N–H and O–H groups in total. The third-order valence-electron chi connectivity index (χ3n) is 10.7. The van der Waals surface area contributed by atoms with Crippen molar-refractivity contribution in [2.45, 2.75) is 92.6 Å². The molecule has 0 saturated heterocycles. The van der Waals surface area contributed by atoms with Crippen molar-refractivity contribution in [3.63, 3.8) is 0 Å². The van der Waals surface area contributed by atoms with Crippen LogP contribution in [0.25, 0.3) is 0 Å². The van der Waals surface area contributed by atoms with Gasteiger partial charge in [0.1, 0.15) is 24.1 Å². The predicted molar refractivity (Wildman–Crippen MR) is 159 cm³/mol. The summed E-state index contributed by atoms with van der Waals surface area (Å²) >= 11 is 0. The van der Waals surface area contributed by atoms with E-state index in [4.69, 9.17) is 14.2 Å². The first-order valence-corrected chi connectivity index (χ1v) is 15.8. The maximum Gasteiger partial charge on any atom is 0.317 e. The summed E-state index contributed by atoms with van der Waals surface area (Å²) in [5.41, 5.74) is 0.484. The molecule has 4 rings (SSSR count). The molecule has 2 bridgehead atoms. The largest absolute Gasteiger partial charge is 0.497 e. The van der Waals surface area contributed by atoms with Crippen LogP contribution in [0.15, 0.2) is 35.9 Å². The van der Waals surface area contributed by atoms with E-state index in [2.05, 4.69) is 40.7 Å². The molecule has 0 spiro atoms. The normalized spacial score (nSPS) is 32.9. The minimum absolute atomic E-state index is 0.188. The van der Waals surface area contributed by atoms with Gasteiger partial charge in [0.2, 0.25) is 0 Å². The Morgan fingerprint density at radius 3 is 2.45 bits per heavy atom. The van der Waals surface area contributed by atoms with E-state index in [1.165, 1.54) is 6.29 Å². The summed E-state index contributed by atoms with van der Waals surface area (Å²) in [6.45, 7) is 13.1. The van der Waals surface area contributed by atoms with Gasteiger partial charge in [-0.2, -0.15) is 0 Å². The van der Waals surface area contributed by atoms with Crippen molar-refractivity contribution in [1.82, 2.24) is 0 Å². The highest BCUT2D eigenvalue weighted by atomic mass is 16.5. The summed E-state index contributed by atoms with van der Waals surface area (Å²) in [5, 5.41) is 0. The van der Waals surface area contributed by atoms with E-state index in [0.717, 1.165) is 75.0 Å². The van der Waals surface area contributed by atoms with Gasteiger partial charge in [-0.25, -0.2) is 0 Å². The molecule has 7 atom stereocenters. The maximum absolute atomic E-state index is 14.4. The van der Waals surface area contributed by atoms with Gasteiger partial charge in [-0.1, -0.05) is 71.2 Å². The molecular weight excluding hydrogens is 500 g/mol. The lowest BCUT2D eigenvalue weighted by atomic mass is 9.52. The maximum atomic E-state index is 14.4. The zero-order valence-electron chi connectivity index (χ0n) is 25.7. The van der Waals surface area contributed by atoms with Crippen LogP contribution in [0, 0.1) is 46.3 Å². The second-order valence-electron chi connectivity index (χ2n) is 13.2. The smallest absolute Gasteiger partial charge is 0.317 e. The lowest BCUT2D eigenvalue weighted by Gasteiger charge is -2.49. The SMILES string of the molecule is CCCCOCCCCC1C(C)C(C)CC1C1(C=O)CC2C=C(C(C)C)C1(C(=O)OCc1ccc(OC)cc1)C2. The molecule has 0 aliphatic heterocycles. The summed E-state index contributed by atoms with van der Waals surface area (Å²) < 4.78 is 17.2. The highest BCUT2D eigenvalue weighted by molar-refractivity contribution is 5.89. The van der Waals surface area contributed by atoms with Crippen LogP contribution in [0.4, 0.5) is 0 Å². The van der Waals surface area contributed by atoms with Gasteiger partial charge < -0.3 is 19.0 Å². The van der Waals surface area contributed by atoms with Crippen LogP contribution >= 0.6 is 0 Å². The van der Waals surface area contributed by atoms with Crippen LogP contribution in [0.2, 0.25) is 0 Å². The van der Waals surface area contributed by atoms with Crippen molar-refractivity contribution in [2.75, 3.05) is 20.3 Å². The average molecular weight is 553 g/mol. The molecule has 1 aromatic rings. The van der Waals surface area contributed by atoms with Gasteiger partial charge in [0, 0.05) is 18.6 Å². The standard InChI is InChI=1S/C35H52O5/c1-7-8-16-39-17-10-9-11-30-26(5)25(4)18-32(30)34(23-36)20-28-19-31(24(2)3)35(34,21-28)33(37)40-22-27-12-14-29(38-6)15-13-27/h12-15,19,23-26,28,30,32H,7-11,16-18,20-22H2,1-6H3. The molecule has 3 aliphatic carbocycles. The van der Waals surface area contributed by atoms with Crippen LogP contribution in [0.3, 0.4) is 0 Å². The van der Waals surface area contributed by atoms with Crippen LogP contribution in [-0.2, 0) is 25.7 Å². The molecule has 7 unspecified atom stereocenters. The molecule has 0 amide bonds. The minimum Gasteiger partial charge on any atom is -0.497 e. The van der Waals surface area contributed by atoms with E-state index in [1.54, 1.807) is 7.11 Å². The molecule has 222 valence electrons. The Morgan fingerprint density at radius 1 is 1.07 bits per heavy atom. The van der Waals surface area contributed by atoms with Crippen LogP contribution < -0.4 is 4.74 Å². The van der Waals surface area contributed by atoms with E-state index < -0.39 is 10.8 Å². The number of hydrogen-bond acceptors (Lipinski definition) is 5. The number of benzene rings is 1. The highest BCUT2D eigenvalue weighted by Crippen LogP contribution is 2.71. The van der Waals surface area contributed by atoms with Crippen LogP contribution in [0.5, 0.6) is 5.75 Å². The van der Waals surface area contributed by atoms with Crippen molar-refractivity contribution in [3.8, 4) is 5.75 Å². The van der Waals surface area contributed by atoms with E-state index in [9.17, 15) is 9.59 Å². The summed E-state index contributed by atoms with van der Waals surface area (Å²) in [6.07, 6.45) is 11.5. The predicted octanol–water partition coefficient (Wildman–Crippen LogP) is 7.81. The fourth-order valence-electron chi connectivity index (χ4n) is 8.51. The topological polar surface area (TPSA) is 61.8 Å². The first kappa shape index (κ1) is 30.8. The lowest BCUT2D eigenvalue weighted by molar-refractivity contribution is -0.167. The lowest BCUT2D eigenvalue weighted by Crippen LogP contribution is -2.53. The second kappa shape index (κ2) is 13.2. The molecule has 0 aromatic heterocycles. The number of methoxy groups -OCH3 is 1. The number of fused-ring (bicyclic) bond motifs is 2. The Bertz CT molecular complexity index is 1030. The molecule has 1 aromatic carbocycles. The van der Waals surface area contributed by atoms with Crippen LogP contribution in [-0.4, -0.2) is 32.6 Å². The van der Waals surface area contributed by atoms with Crippen molar-refractivity contribution < 1.29 is 23.8 Å². The van der Waals surface area contributed by atoms with Gasteiger partial charge in [-0.15, -0.1) is 0 Å². The highest BCUT2D eigenvalue weighted by Gasteiger charge is 2.72. The Morgan fingerprint density at radius 2 is 1.80 bits per heavy atom. The summed E-state index contributed by atoms with van der Waals surface area (Å²) in [4.78, 5) is 27.9. The Hall–Kier alpha value is -2.14. The Labute approximate surface area is 242 Å². The number of esters is 1. The van der Waals surface area contributed by atoms with Crippen molar-refractivity contribution >= 4 is 12.3 Å². The number of hydrogen-bond donors (Lipinski definition) is 0. The third-order valence-corrected chi connectivity index (χ3v) is 10.7. The molecule has 0 radical (unpaired) electrons. The molecule has 2 fully saturated rings. The average Bonchev–Trinajstić information content (AvgIpc) is 3.60. The van der Waals surface area contributed by atoms with E-state index >= 15 is 0 Å². The molecule has 40 heavy (non-hydrogen) atoms. The number of allylic oxidation sites excluding steroid dienone is 1. The Kier molecular flexibility index (Phi) is 10.2. The monoisotopic (exact) mass is 552 g/mol. The number of rotatable bonds is 15. The number of aldehydes is 1. The number of unbranched alkanes of at least 4 members (excludes halogenated alkanes) is 2. The first-order chi connectivity index (χ1) is 19.2. The third kappa shape index (κ3) is 5.65. The molecule has 5 nitrogen and oxygen atoms in total. The van der Waals surface area contributed by atoms with E-state index in [1.807, 2.05) is 24.3 Å². The molecule has 5 heteroatoms. The molecule has 3 aliphatic rings. The summed E-state index contributed by atoms with van der Waals surface area (Å²) in [5.74, 6) is 2.70. The van der Waals surface area contributed by atoms with Crippen LogP contribution in [0.1, 0.15) is 91.5 Å². The van der Waals surface area contributed by atoms with E-state index in [0.29, 0.717) is 24.2 Å². The summed E-state index contributed by atoms with van der Waals surface area (Å²) in [7, 11) is 1.64. The van der Waals surface area contributed by atoms with Crippen molar-refractivity contribution in [3.05, 3.63) is 41.5 Å².